The molecule has 21 heavy (non-hydrogen) atoms. The fourth-order valence-corrected chi connectivity index (χ4v) is 2.55. The van der Waals surface area contributed by atoms with Gasteiger partial charge < -0.3 is 0 Å². The van der Waals surface area contributed by atoms with Crippen LogP contribution in [0.25, 0.3) is 11.3 Å². The van der Waals surface area contributed by atoms with Crippen molar-refractivity contribution < 1.29 is 4.79 Å². The Labute approximate surface area is 130 Å². The summed E-state index contributed by atoms with van der Waals surface area (Å²) < 4.78 is 1.81. The van der Waals surface area contributed by atoms with Crippen molar-refractivity contribution in [2.75, 3.05) is 0 Å². The van der Waals surface area contributed by atoms with E-state index in [1.807, 2.05) is 24.3 Å². The van der Waals surface area contributed by atoms with E-state index < -0.39 is 0 Å². The Morgan fingerprint density at radius 2 is 2.05 bits per heavy atom. The van der Waals surface area contributed by atoms with Crippen LogP contribution in [-0.4, -0.2) is 21.3 Å². The monoisotopic (exact) mass is 305 g/mol. The van der Waals surface area contributed by atoms with Gasteiger partial charge in [-0.25, -0.2) is 4.68 Å². The van der Waals surface area contributed by atoms with Crippen molar-refractivity contribution in [1.29, 1.82) is 0 Å². The Hall–Kier alpha value is -1.68. The van der Waals surface area contributed by atoms with Crippen molar-refractivity contribution in [3.05, 3.63) is 35.0 Å². The lowest BCUT2D eigenvalue weighted by atomic mass is 10.1. The van der Waals surface area contributed by atoms with E-state index in [9.17, 15) is 4.79 Å². The van der Waals surface area contributed by atoms with Crippen molar-refractivity contribution >= 4 is 17.9 Å². The van der Waals surface area contributed by atoms with Crippen LogP contribution in [0.1, 0.15) is 49.5 Å². The van der Waals surface area contributed by atoms with Gasteiger partial charge in [-0.05, 0) is 18.6 Å². The SMILES string of the molecule is CCCCCCCn1nnc(C=O)c1-c1cccc(Cl)c1. The molecular weight excluding hydrogens is 286 g/mol. The van der Waals surface area contributed by atoms with Gasteiger partial charge in [0, 0.05) is 17.1 Å². The highest BCUT2D eigenvalue weighted by Gasteiger charge is 2.14. The lowest BCUT2D eigenvalue weighted by Gasteiger charge is -2.07. The Bertz CT molecular complexity index is 595. The van der Waals surface area contributed by atoms with E-state index in [0.717, 1.165) is 30.5 Å². The molecule has 0 bridgehead atoms. The first-order chi connectivity index (χ1) is 10.3. The molecule has 0 saturated carbocycles. The summed E-state index contributed by atoms with van der Waals surface area (Å²) in [4.78, 5) is 11.2. The third-order valence-electron chi connectivity index (χ3n) is 3.44. The molecule has 0 spiro atoms. The van der Waals surface area contributed by atoms with Crippen LogP contribution in [0.2, 0.25) is 5.02 Å². The van der Waals surface area contributed by atoms with Crippen LogP contribution in [0.15, 0.2) is 24.3 Å². The molecule has 5 heteroatoms. The molecule has 1 aromatic heterocycles. The molecule has 0 atom stereocenters. The Morgan fingerprint density at radius 1 is 1.24 bits per heavy atom. The van der Waals surface area contributed by atoms with E-state index in [1.165, 1.54) is 25.7 Å². The molecule has 0 aliphatic rings. The average Bonchev–Trinajstić information content (AvgIpc) is 2.90. The summed E-state index contributed by atoms with van der Waals surface area (Å²) >= 11 is 6.03. The summed E-state index contributed by atoms with van der Waals surface area (Å²) in [6.07, 6.45) is 6.67. The second-order valence-electron chi connectivity index (χ2n) is 5.09. The molecule has 1 heterocycles. The minimum atomic E-state index is 0.367. The van der Waals surface area contributed by atoms with Gasteiger partial charge in [0.25, 0.3) is 0 Å². The number of aryl methyl sites for hydroxylation is 1. The smallest absolute Gasteiger partial charge is 0.172 e. The van der Waals surface area contributed by atoms with Gasteiger partial charge in [-0.1, -0.05) is 61.6 Å². The number of hydrogen-bond acceptors (Lipinski definition) is 3. The van der Waals surface area contributed by atoms with Gasteiger partial charge in [0.1, 0.15) is 0 Å². The molecule has 2 aromatic rings. The molecule has 1 aromatic carbocycles. The largest absolute Gasteiger partial charge is 0.296 e. The zero-order valence-corrected chi connectivity index (χ0v) is 13.0. The summed E-state index contributed by atoms with van der Waals surface area (Å²) in [7, 11) is 0. The van der Waals surface area contributed by atoms with E-state index in [2.05, 4.69) is 17.2 Å². The van der Waals surface area contributed by atoms with Crippen LogP contribution in [0, 0.1) is 0 Å². The van der Waals surface area contributed by atoms with Gasteiger partial charge in [-0.15, -0.1) is 5.10 Å². The molecule has 0 aliphatic heterocycles. The molecule has 0 unspecified atom stereocenters. The fraction of sp³-hybridized carbons (Fsp3) is 0.438. The number of hydrogen-bond donors (Lipinski definition) is 0. The lowest BCUT2D eigenvalue weighted by molar-refractivity contribution is 0.111. The second kappa shape index (κ2) is 7.93. The molecule has 0 saturated heterocycles. The predicted octanol–water partition coefficient (Wildman–Crippen LogP) is 4.38. The summed E-state index contributed by atoms with van der Waals surface area (Å²) in [5, 5.41) is 8.70. The molecule has 2 rings (SSSR count). The highest BCUT2D eigenvalue weighted by molar-refractivity contribution is 6.30. The van der Waals surface area contributed by atoms with Crippen molar-refractivity contribution in [3.63, 3.8) is 0 Å². The van der Waals surface area contributed by atoms with E-state index in [-0.39, 0.29) is 0 Å². The molecule has 0 amide bonds. The number of benzene rings is 1. The minimum absolute atomic E-state index is 0.367. The fourth-order valence-electron chi connectivity index (χ4n) is 2.36. The van der Waals surface area contributed by atoms with E-state index in [1.54, 1.807) is 4.68 Å². The van der Waals surface area contributed by atoms with Gasteiger partial charge in [-0.3, -0.25) is 4.79 Å². The van der Waals surface area contributed by atoms with Crippen LogP contribution in [0.4, 0.5) is 0 Å². The highest BCUT2D eigenvalue weighted by Crippen LogP contribution is 2.24. The predicted molar refractivity (Wildman–Crippen MR) is 84.6 cm³/mol. The second-order valence-corrected chi connectivity index (χ2v) is 5.53. The Morgan fingerprint density at radius 3 is 2.76 bits per heavy atom. The lowest BCUT2D eigenvalue weighted by Crippen LogP contribution is -2.03. The number of aldehydes is 1. The van der Waals surface area contributed by atoms with E-state index in [0.29, 0.717) is 10.7 Å². The summed E-state index contributed by atoms with van der Waals surface area (Å²) in [6.45, 7) is 2.97. The number of aromatic nitrogens is 3. The van der Waals surface area contributed by atoms with Crippen LogP contribution in [-0.2, 0) is 6.54 Å². The van der Waals surface area contributed by atoms with Gasteiger partial charge >= 0.3 is 0 Å². The Balaban J connectivity index is 2.15. The van der Waals surface area contributed by atoms with Gasteiger partial charge in [0.15, 0.2) is 12.0 Å². The zero-order valence-electron chi connectivity index (χ0n) is 12.3. The maximum absolute atomic E-state index is 11.2. The third kappa shape index (κ3) is 4.14. The topological polar surface area (TPSA) is 47.8 Å². The van der Waals surface area contributed by atoms with Gasteiger partial charge in [-0.2, -0.15) is 0 Å². The van der Waals surface area contributed by atoms with Crippen molar-refractivity contribution in [3.8, 4) is 11.3 Å². The van der Waals surface area contributed by atoms with Gasteiger partial charge in [0.05, 0.1) is 5.69 Å². The van der Waals surface area contributed by atoms with E-state index in [4.69, 9.17) is 11.6 Å². The Kier molecular flexibility index (Phi) is 5.93. The number of unbranched alkanes of at least 4 members (excludes halogenated alkanes) is 4. The average molecular weight is 306 g/mol. The molecule has 4 nitrogen and oxygen atoms in total. The number of nitrogens with zero attached hydrogens (tertiary/aromatic N) is 3. The van der Waals surface area contributed by atoms with Crippen molar-refractivity contribution in [2.45, 2.75) is 45.6 Å². The molecule has 0 radical (unpaired) electrons. The number of carbonyl (C=O) groups excluding carboxylic acids is 1. The zero-order chi connectivity index (χ0) is 15.1. The number of carbonyl (C=O) groups is 1. The van der Waals surface area contributed by atoms with Crippen LogP contribution in [0.3, 0.4) is 0 Å². The quantitative estimate of drug-likeness (QED) is 0.537. The van der Waals surface area contributed by atoms with Crippen molar-refractivity contribution in [1.82, 2.24) is 15.0 Å². The van der Waals surface area contributed by atoms with E-state index >= 15 is 0 Å². The third-order valence-corrected chi connectivity index (χ3v) is 3.68. The maximum Gasteiger partial charge on any atom is 0.172 e. The standard InChI is InChI=1S/C16H20ClN3O/c1-2-3-4-5-6-10-20-16(15(12-21)18-19-20)13-8-7-9-14(17)11-13/h7-9,11-12H,2-6,10H2,1H3. The number of rotatable bonds is 8. The molecule has 112 valence electrons. The van der Waals surface area contributed by atoms with Gasteiger partial charge in [0.2, 0.25) is 0 Å². The summed E-state index contributed by atoms with van der Waals surface area (Å²) in [5.74, 6) is 0. The van der Waals surface area contributed by atoms with Crippen molar-refractivity contribution in [2.24, 2.45) is 0 Å². The first-order valence-electron chi connectivity index (χ1n) is 7.41. The highest BCUT2D eigenvalue weighted by atomic mass is 35.5. The number of halogens is 1. The first-order valence-corrected chi connectivity index (χ1v) is 7.78. The maximum atomic E-state index is 11.2. The summed E-state index contributed by atoms with van der Waals surface area (Å²) in [6, 6.07) is 7.43. The first kappa shape index (κ1) is 15.7. The molecule has 0 N–H and O–H groups in total. The van der Waals surface area contributed by atoms with Crippen LogP contribution in [0.5, 0.6) is 0 Å². The van der Waals surface area contributed by atoms with Crippen LogP contribution >= 0.6 is 11.6 Å². The normalized spacial score (nSPS) is 10.8. The molecule has 0 aliphatic carbocycles. The van der Waals surface area contributed by atoms with Crippen LogP contribution < -0.4 is 0 Å². The summed E-state index contributed by atoms with van der Waals surface area (Å²) in [5.41, 5.74) is 2.00. The minimum Gasteiger partial charge on any atom is -0.296 e. The molecular formula is C16H20ClN3O. The molecule has 0 fully saturated rings.